The highest BCUT2D eigenvalue weighted by Gasteiger charge is 2.12. The van der Waals surface area contributed by atoms with Crippen molar-refractivity contribution in [1.29, 1.82) is 0 Å². The summed E-state index contributed by atoms with van der Waals surface area (Å²) in [5, 5.41) is 2.82. The molecule has 0 aliphatic heterocycles. The highest BCUT2D eigenvalue weighted by atomic mass is 79.9. The molecule has 0 fully saturated rings. The van der Waals surface area contributed by atoms with Crippen molar-refractivity contribution in [2.45, 2.75) is 13.3 Å². The van der Waals surface area contributed by atoms with Gasteiger partial charge in [-0.05, 0) is 25.1 Å². The molecular weight excluding hydrogens is 366 g/mol. The molecule has 0 aliphatic carbocycles. The maximum atomic E-state index is 12.1. The Morgan fingerprint density at radius 3 is 2.76 bits per heavy atom. The second-order valence-corrected chi connectivity index (χ2v) is 6.32. The van der Waals surface area contributed by atoms with Crippen molar-refractivity contribution in [2.24, 2.45) is 0 Å². The molecule has 0 radical (unpaired) electrons. The molecule has 88 valence electrons. The van der Waals surface area contributed by atoms with E-state index in [0.717, 1.165) is 19.6 Å². The minimum absolute atomic E-state index is 0.0822. The first-order chi connectivity index (χ1) is 8.06. The molecule has 2 rings (SSSR count). The Morgan fingerprint density at radius 2 is 2.18 bits per heavy atom. The predicted octanol–water partition coefficient (Wildman–Crippen LogP) is 4.40. The van der Waals surface area contributed by atoms with Crippen LogP contribution in [0.5, 0.6) is 0 Å². The lowest BCUT2D eigenvalue weighted by Crippen LogP contribution is -2.04. The second-order valence-electron chi connectivity index (χ2n) is 3.61. The number of Topliss-reactive ketones (excluding diaryl/α,β-unsaturated/α-hetero) is 1. The van der Waals surface area contributed by atoms with Crippen LogP contribution in [0.15, 0.2) is 32.5 Å². The largest absolute Gasteiger partial charge is 0.294 e. The van der Waals surface area contributed by atoms with Crippen molar-refractivity contribution < 1.29 is 4.79 Å². The summed E-state index contributed by atoms with van der Waals surface area (Å²) in [7, 11) is 0. The molecule has 1 aromatic carbocycles. The molecule has 0 saturated heterocycles. The van der Waals surface area contributed by atoms with E-state index in [1.165, 1.54) is 11.3 Å². The summed E-state index contributed by atoms with van der Waals surface area (Å²) in [5.41, 5.74) is 1.66. The normalized spacial score (nSPS) is 10.5. The van der Waals surface area contributed by atoms with Crippen molar-refractivity contribution in [3.8, 4) is 0 Å². The predicted molar refractivity (Wildman–Crippen MR) is 76.7 cm³/mol. The van der Waals surface area contributed by atoms with Gasteiger partial charge >= 0.3 is 0 Å². The molecule has 0 unspecified atom stereocenters. The number of thiazole rings is 1. The molecule has 0 saturated carbocycles. The number of aryl methyl sites for hydroxylation is 1. The monoisotopic (exact) mass is 373 g/mol. The maximum absolute atomic E-state index is 12.1. The zero-order valence-corrected chi connectivity index (χ0v) is 13.0. The van der Waals surface area contributed by atoms with Crippen LogP contribution in [0, 0.1) is 6.92 Å². The first-order valence-electron chi connectivity index (χ1n) is 4.95. The van der Waals surface area contributed by atoms with Gasteiger partial charge < -0.3 is 0 Å². The second kappa shape index (κ2) is 5.42. The molecule has 2 nitrogen and oxygen atoms in total. The smallest absolute Gasteiger partial charge is 0.170 e. The number of carbonyl (C=O) groups excluding carboxylic acids is 1. The van der Waals surface area contributed by atoms with Crippen LogP contribution in [0.25, 0.3) is 0 Å². The lowest BCUT2D eigenvalue weighted by atomic mass is 10.1. The van der Waals surface area contributed by atoms with E-state index in [2.05, 4.69) is 36.8 Å². The standard InChI is InChI=1S/C12H9Br2NOS/c1-7-6-17-12(15-7)5-11(16)9-3-2-8(13)4-10(9)14/h2-4,6H,5H2,1H3. The van der Waals surface area contributed by atoms with Gasteiger partial charge in [0.1, 0.15) is 5.01 Å². The zero-order valence-electron chi connectivity index (χ0n) is 9.04. The molecule has 0 aliphatic rings. The number of aromatic nitrogens is 1. The number of hydrogen-bond acceptors (Lipinski definition) is 3. The third-order valence-corrected chi connectivity index (χ3v) is 4.33. The van der Waals surface area contributed by atoms with E-state index >= 15 is 0 Å². The first-order valence-corrected chi connectivity index (χ1v) is 7.42. The molecule has 1 aromatic heterocycles. The van der Waals surface area contributed by atoms with Crippen LogP contribution in [0.4, 0.5) is 0 Å². The van der Waals surface area contributed by atoms with E-state index < -0.39 is 0 Å². The summed E-state index contributed by atoms with van der Waals surface area (Å²) in [6, 6.07) is 5.56. The minimum atomic E-state index is 0.0822. The van der Waals surface area contributed by atoms with Crippen molar-refractivity contribution >= 4 is 49.0 Å². The highest BCUT2D eigenvalue weighted by Crippen LogP contribution is 2.23. The minimum Gasteiger partial charge on any atom is -0.294 e. The van der Waals surface area contributed by atoms with Crippen LogP contribution in [-0.2, 0) is 6.42 Å². The van der Waals surface area contributed by atoms with Crippen LogP contribution in [0.2, 0.25) is 0 Å². The lowest BCUT2D eigenvalue weighted by Gasteiger charge is -2.02. The molecule has 0 N–H and O–H groups in total. The molecule has 0 bridgehead atoms. The summed E-state index contributed by atoms with van der Waals surface area (Å²) in [4.78, 5) is 16.4. The average molecular weight is 375 g/mol. The van der Waals surface area contributed by atoms with Gasteiger partial charge in [-0.15, -0.1) is 11.3 Å². The number of rotatable bonds is 3. The topological polar surface area (TPSA) is 30.0 Å². The van der Waals surface area contributed by atoms with Crippen molar-refractivity contribution in [3.05, 3.63) is 48.8 Å². The van der Waals surface area contributed by atoms with Gasteiger partial charge in [-0.1, -0.05) is 31.9 Å². The number of benzene rings is 1. The highest BCUT2D eigenvalue weighted by molar-refractivity contribution is 9.11. The lowest BCUT2D eigenvalue weighted by molar-refractivity contribution is 0.0992. The van der Waals surface area contributed by atoms with Gasteiger partial charge in [0.2, 0.25) is 0 Å². The van der Waals surface area contributed by atoms with Gasteiger partial charge in [0.15, 0.2) is 5.78 Å². The van der Waals surface area contributed by atoms with Crippen molar-refractivity contribution in [2.75, 3.05) is 0 Å². The Hall–Kier alpha value is -0.520. The van der Waals surface area contributed by atoms with Gasteiger partial charge in [-0.25, -0.2) is 4.98 Å². The third kappa shape index (κ3) is 3.24. The van der Waals surface area contributed by atoms with Gasteiger partial charge in [0.25, 0.3) is 0 Å². The number of halogens is 2. The van der Waals surface area contributed by atoms with Crippen LogP contribution in [0.1, 0.15) is 21.1 Å². The SMILES string of the molecule is Cc1csc(CC(=O)c2ccc(Br)cc2Br)n1. The van der Waals surface area contributed by atoms with E-state index in [1.54, 1.807) is 0 Å². The molecule has 2 aromatic rings. The summed E-state index contributed by atoms with van der Waals surface area (Å²) in [6.45, 7) is 1.93. The Morgan fingerprint density at radius 1 is 1.41 bits per heavy atom. The molecule has 1 heterocycles. The van der Waals surface area contributed by atoms with E-state index in [0.29, 0.717) is 12.0 Å². The van der Waals surface area contributed by atoms with E-state index in [9.17, 15) is 4.79 Å². The van der Waals surface area contributed by atoms with Crippen LogP contribution < -0.4 is 0 Å². The summed E-state index contributed by atoms with van der Waals surface area (Å²) >= 11 is 8.29. The number of nitrogens with zero attached hydrogens (tertiary/aromatic N) is 1. The molecule has 17 heavy (non-hydrogen) atoms. The quantitative estimate of drug-likeness (QED) is 0.745. The van der Waals surface area contributed by atoms with Gasteiger partial charge in [-0.3, -0.25) is 4.79 Å². The van der Waals surface area contributed by atoms with Gasteiger partial charge in [0, 0.05) is 25.6 Å². The van der Waals surface area contributed by atoms with E-state index in [4.69, 9.17) is 0 Å². The number of hydrogen-bond donors (Lipinski definition) is 0. The summed E-state index contributed by atoms with van der Waals surface area (Å²) < 4.78 is 1.76. The Bertz CT molecular complexity index is 565. The Balaban J connectivity index is 2.20. The molecule has 0 amide bonds. The Kier molecular flexibility index (Phi) is 4.12. The molecular formula is C12H9Br2NOS. The third-order valence-electron chi connectivity index (χ3n) is 2.21. The van der Waals surface area contributed by atoms with Crippen LogP contribution >= 0.6 is 43.2 Å². The fourth-order valence-corrected chi connectivity index (χ4v) is 3.47. The first kappa shape index (κ1) is 12.9. The number of carbonyl (C=O) groups is 1. The van der Waals surface area contributed by atoms with Crippen molar-refractivity contribution in [3.63, 3.8) is 0 Å². The maximum Gasteiger partial charge on any atom is 0.170 e. The fourth-order valence-electron chi connectivity index (χ4n) is 1.43. The number of ketones is 1. The Labute approximate surface area is 120 Å². The molecule has 5 heteroatoms. The zero-order chi connectivity index (χ0) is 12.4. The molecule has 0 atom stereocenters. The van der Waals surface area contributed by atoms with E-state index in [1.807, 2.05) is 30.5 Å². The van der Waals surface area contributed by atoms with E-state index in [-0.39, 0.29) is 5.78 Å². The van der Waals surface area contributed by atoms with Crippen LogP contribution in [-0.4, -0.2) is 10.8 Å². The van der Waals surface area contributed by atoms with Crippen molar-refractivity contribution in [1.82, 2.24) is 4.98 Å². The van der Waals surface area contributed by atoms with Gasteiger partial charge in [-0.2, -0.15) is 0 Å². The van der Waals surface area contributed by atoms with Gasteiger partial charge in [0.05, 0.1) is 6.42 Å². The average Bonchev–Trinajstić information content (AvgIpc) is 2.63. The van der Waals surface area contributed by atoms with Crippen LogP contribution in [0.3, 0.4) is 0 Å². The fraction of sp³-hybridized carbons (Fsp3) is 0.167. The molecule has 0 spiro atoms. The summed E-state index contributed by atoms with van der Waals surface area (Å²) in [5.74, 6) is 0.0822. The summed E-state index contributed by atoms with van der Waals surface area (Å²) in [6.07, 6.45) is 0.360.